The lowest BCUT2D eigenvalue weighted by Crippen LogP contribution is -2.36. The van der Waals surface area contributed by atoms with E-state index in [9.17, 15) is 23.1 Å². The largest absolute Gasteiger partial charge is 0.494 e. The molecule has 1 saturated heterocycles. The Kier molecular flexibility index (Phi) is 8.15. The van der Waals surface area contributed by atoms with Crippen LogP contribution in [0.5, 0.6) is 11.5 Å². The van der Waals surface area contributed by atoms with Gasteiger partial charge in [-0.05, 0) is 73.0 Å². The Morgan fingerprint density at radius 3 is 2.31 bits per heavy atom. The average Bonchev–Trinajstić information content (AvgIpc) is 2.82. The van der Waals surface area contributed by atoms with Crippen molar-refractivity contribution in [2.45, 2.75) is 44.3 Å². The van der Waals surface area contributed by atoms with Gasteiger partial charge in [0.2, 0.25) is 0 Å². The van der Waals surface area contributed by atoms with Gasteiger partial charge in [-0.15, -0.1) is 0 Å². The first-order valence-electron chi connectivity index (χ1n) is 11.7. The predicted octanol–water partition coefficient (Wildman–Crippen LogP) is 5.46. The number of ether oxygens (including phenoxy) is 3. The summed E-state index contributed by atoms with van der Waals surface area (Å²) in [6, 6.07) is 14.3. The third kappa shape index (κ3) is 6.57. The van der Waals surface area contributed by atoms with E-state index in [0.29, 0.717) is 29.0 Å². The molecule has 1 N–H and O–H groups in total. The van der Waals surface area contributed by atoms with Gasteiger partial charge in [0.05, 0.1) is 19.1 Å². The highest BCUT2D eigenvalue weighted by molar-refractivity contribution is 5.71. The van der Waals surface area contributed by atoms with Crippen molar-refractivity contribution in [1.29, 1.82) is 0 Å². The maximum Gasteiger partial charge on any atom is 0.308 e. The minimum Gasteiger partial charge on any atom is -0.494 e. The first-order valence-corrected chi connectivity index (χ1v) is 11.7. The van der Waals surface area contributed by atoms with Gasteiger partial charge in [-0.3, -0.25) is 4.79 Å². The Bertz CT molecular complexity index is 1180. The standard InChI is InChI=1S/C28H27F3O5/c1-17-12-21(31)13-26(28(17)35-16-24-14-22(32)15-27(33)36-24)25(18-2-4-19(29)5-3-18)10-11-34-23-8-6-20(30)7-9-23/h2-9,12-13,22,24-25,32H,10-11,14-16H2,1H3. The zero-order valence-corrected chi connectivity index (χ0v) is 19.8. The molecule has 3 atom stereocenters. The van der Waals surface area contributed by atoms with Gasteiger partial charge in [0.25, 0.3) is 0 Å². The van der Waals surface area contributed by atoms with Gasteiger partial charge in [0, 0.05) is 17.9 Å². The lowest BCUT2D eigenvalue weighted by Gasteiger charge is -2.28. The summed E-state index contributed by atoms with van der Waals surface area (Å²) in [7, 11) is 0. The fourth-order valence-electron chi connectivity index (χ4n) is 4.37. The number of rotatable bonds is 9. The topological polar surface area (TPSA) is 65.0 Å². The fraction of sp³-hybridized carbons (Fsp3) is 0.321. The first-order chi connectivity index (χ1) is 17.3. The molecule has 5 nitrogen and oxygen atoms in total. The molecule has 1 aliphatic heterocycles. The maximum atomic E-state index is 14.6. The smallest absolute Gasteiger partial charge is 0.308 e. The quantitative estimate of drug-likeness (QED) is 0.396. The molecule has 0 aromatic heterocycles. The molecule has 3 aromatic carbocycles. The zero-order valence-electron chi connectivity index (χ0n) is 19.8. The molecule has 0 bridgehead atoms. The van der Waals surface area contributed by atoms with Crippen LogP contribution in [0.4, 0.5) is 13.2 Å². The van der Waals surface area contributed by atoms with E-state index in [1.807, 2.05) is 0 Å². The van der Waals surface area contributed by atoms with Crippen LogP contribution in [-0.4, -0.2) is 36.5 Å². The number of carbonyl (C=O) groups is 1. The van der Waals surface area contributed by atoms with E-state index in [2.05, 4.69) is 0 Å². The SMILES string of the molecule is Cc1cc(F)cc(C(CCOc2ccc(F)cc2)c2ccc(F)cc2)c1OCC1CC(O)CC(=O)O1. The molecule has 190 valence electrons. The van der Waals surface area contributed by atoms with Crippen LogP contribution >= 0.6 is 0 Å². The molecule has 8 heteroatoms. The summed E-state index contributed by atoms with van der Waals surface area (Å²) in [6.45, 7) is 1.92. The molecule has 0 aliphatic carbocycles. The molecule has 0 amide bonds. The van der Waals surface area contributed by atoms with Crippen LogP contribution in [0.25, 0.3) is 0 Å². The van der Waals surface area contributed by atoms with Crippen molar-refractivity contribution in [2.75, 3.05) is 13.2 Å². The third-order valence-electron chi connectivity index (χ3n) is 6.05. The van der Waals surface area contributed by atoms with Crippen LogP contribution in [-0.2, 0) is 9.53 Å². The minimum absolute atomic E-state index is 0.00943. The van der Waals surface area contributed by atoms with Gasteiger partial charge in [-0.1, -0.05) is 12.1 Å². The number of hydrogen-bond donors (Lipinski definition) is 1. The summed E-state index contributed by atoms with van der Waals surface area (Å²) in [5, 5.41) is 9.89. The molecule has 36 heavy (non-hydrogen) atoms. The molecule has 0 radical (unpaired) electrons. The van der Waals surface area contributed by atoms with Crippen molar-refractivity contribution in [3.63, 3.8) is 0 Å². The number of aliphatic hydroxyl groups excluding tert-OH is 1. The van der Waals surface area contributed by atoms with E-state index in [0.717, 1.165) is 5.56 Å². The normalized spacial score (nSPS) is 18.4. The van der Waals surface area contributed by atoms with Gasteiger partial charge in [0.15, 0.2) is 0 Å². The van der Waals surface area contributed by atoms with Crippen molar-refractivity contribution in [3.05, 3.63) is 94.8 Å². The summed E-state index contributed by atoms with van der Waals surface area (Å²) >= 11 is 0. The van der Waals surface area contributed by atoms with Crippen molar-refractivity contribution in [2.24, 2.45) is 0 Å². The summed E-state index contributed by atoms with van der Waals surface area (Å²) in [5.41, 5.74) is 1.80. The summed E-state index contributed by atoms with van der Waals surface area (Å²) in [4.78, 5) is 11.7. The van der Waals surface area contributed by atoms with Gasteiger partial charge in [0.1, 0.15) is 41.7 Å². The second kappa shape index (κ2) is 11.5. The van der Waals surface area contributed by atoms with Crippen LogP contribution in [0.2, 0.25) is 0 Å². The number of hydrogen-bond acceptors (Lipinski definition) is 5. The van der Waals surface area contributed by atoms with Gasteiger partial charge < -0.3 is 19.3 Å². The molecule has 1 heterocycles. The second-order valence-corrected chi connectivity index (χ2v) is 8.85. The van der Waals surface area contributed by atoms with Gasteiger partial charge >= 0.3 is 5.97 Å². The Labute approximate surface area is 207 Å². The van der Waals surface area contributed by atoms with Crippen molar-refractivity contribution in [1.82, 2.24) is 0 Å². The van der Waals surface area contributed by atoms with Crippen molar-refractivity contribution in [3.8, 4) is 11.5 Å². The number of benzene rings is 3. The number of aryl methyl sites for hydroxylation is 1. The fourth-order valence-corrected chi connectivity index (χ4v) is 4.37. The predicted molar refractivity (Wildman–Crippen MR) is 127 cm³/mol. The van der Waals surface area contributed by atoms with E-state index in [1.54, 1.807) is 19.1 Å². The first kappa shape index (κ1) is 25.6. The van der Waals surface area contributed by atoms with Crippen molar-refractivity contribution >= 4 is 5.97 Å². The Morgan fingerprint density at radius 2 is 1.64 bits per heavy atom. The maximum absolute atomic E-state index is 14.6. The molecular weight excluding hydrogens is 473 g/mol. The molecule has 3 unspecified atom stereocenters. The Morgan fingerprint density at radius 1 is 0.972 bits per heavy atom. The second-order valence-electron chi connectivity index (χ2n) is 8.85. The molecule has 1 fully saturated rings. The number of halogens is 3. The number of esters is 1. The summed E-state index contributed by atoms with van der Waals surface area (Å²) in [6.07, 6.45) is -0.861. The molecule has 1 aliphatic rings. The summed E-state index contributed by atoms with van der Waals surface area (Å²) < 4.78 is 58.5. The minimum atomic E-state index is -0.802. The lowest BCUT2D eigenvalue weighted by molar-refractivity contribution is -0.162. The molecule has 0 spiro atoms. The van der Waals surface area contributed by atoms with Gasteiger partial charge in [-0.25, -0.2) is 13.2 Å². The molecule has 0 saturated carbocycles. The van der Waals surface area contributed by atoms with E-state index in [4.69, 9.17) is 14.2 Å². The Hall–Kier alpha value is -3.52. The van der Waals surface area contributed by atoms with Crippen LogP contribution in [0.1, 0.15) is 41.9 Å². The third-order valence-corrected chi connectivity index (χ3v) is 6.05. The highest BCUT2D eigenvalue weighted by Crippen LogP contribution is 2.38. The monoisotopic (exact) mass is 500 g/mol. The van der Waals surface area contributed by atoms with E-state index in [-0.39, 0.29) is 31.9 Å². The van der Waals surface area contributed by atoms with Crippen LogP contribution in [0.3, 0.4) is 0 Å². The molecule has 4 rings (SSSR count). The van der Waals surface area contributed by atoms with Crippen molar-refractivity contribution < 1.29 is 37.3 Å². The van der Waals surface area contributed by atoms with E-state index in [1.165, 1.54) is 48.5 Å². The Balaban J connectivity index is 1.60. The number of cyclic esters (lactones) is 1. The summed E-state index contributed by atoms with van der Waals surface area (Å²) in [5.74, 6) is -1.25. The lowest BCUT2D eigenvalue weighted by atomic mass is 9.87. The number of aliphatic hydroxyl groups is 1. The van der Waals surface area contributed by atoms with Crippen LogP contribution in [0.15, 0.2) is 60.7 Å². The van der Waals surface area contributed by atoms with E-state index < -0.39 is 35.7 Å². The van der Waals surface area contributed by atoms with E-state index >= 15 is 0 Å². The number of carbonyl (C=O) groups excluding carboxylic acids is 1. The highest BCUT2D eigenvalue weighted by atomic mass is 19.1. The van der Waals surface area contributed by atoms with Gasteiger partial charge in [-0.2, -0.15) is 0 Å². The van der Waals surface area contributed by atoms with Crippen LogP contribution < -0.4 is 9.47 Å². The highest BCUT2D eigenvalue weighted by Gasteiger charge is 2.29. The zero-order chi connectivity index (χ0) is 25.7. The molecule has 3 aromatic rings. The average molecular weight is 501 g/mol. The molecular formula is C28H27F3O5. The van der Waals surface area contributed by atoms with Crippen LogP contribution in [0, 0.1) is 24.4 Å².